The Kier molecular flexibility index (Phi) is 7.62. The minimum absolute atomic E-state index is 0.822. The summed E-state index contributed by atoms with van der Waals surface area (Å²) in [7, 11) is 0. The Morgan fingerprint density at radius 3 is 1.70 bits per heavy atom. The molecule has 4 aromatic carbocycles. The van der Waals surface area contributed by atoms with Crippen LogP contribution in [0.15, 0.2) is 135 Å². The normalized spacial score (nSPS) is 10.2. The molecule has 33 heavy (non-hydrogen) atoms. The lowest BCUT2D eigenvalue weighted by Gasteiger charge is -1.98. The highest BCUT2D eigenvalue weighted by atomic mass is 79.9. The zero-order valence-electron chi connectivity index (χ0n) is 18.0. The number of para-hydroxylation sites is 3. The molecule has 0 aliphatic carbocycles. The van der Waals surface area contributed by atoms with Crippen LogP contribution in [0.2, 0.25) is 0 Å². The summed E-state index contributed by atoms with van der Waals surface area (Å²) in [5.74, 6) is 0. The molecule has 0 amide bonds. The maximum atomic E-state index is 5.52. The number of rotatable bonds is 2. The van der Waals surface area contributed by atoms with Crippen molar-refractivity contribution in [3.8, 4) is 0 Å². The summed E-state index contributed by atoms with van der Waals surface area (Å²) in [4.78, 5) is 0. The van der Waals surface area contributed by atoms with Gasteiger partial charge in [0.15, 0.2) is 0 Å². The first-order chi connectivity index (χ1) is 16.2. The van der Waals surface area contributed by atoms with E-state index in [0.29, 0.717) is 0 Å². The Balaban J connectivity index is 0.000000130. The molecular weight excluding hydrogens is 474 g/mol. The largest absolute Gasteiger partial charge is 0.464 e. The summed E-state index contributed by atoms with van der Waals surface area (Å²) in [6, 6.07) is 36.0. The van der Waals surface area contributed by atoms with E-state index >= 15 is 0 Å². The molecule has 0 atom stereocenters. The van der Waals surface area contributed by atoms with Crippen LogP contribution in [-0.2, 0) is 6.42 Å². The highest BCUT2D eigenvalue weighted by Crippen LogP contribution is 2.25. The van der Waals surface area contributed by atoms with Gasteiger partial charge in [0.05, 0.1) is 10.7 Å². The SMILES string of the molecule is Brc1coc2ccccc12.Nc1ccccc1.c1ccc(Cc2coc3ccccc23)cc1. The number of furan rings is 2. The number of hydrogen-bond donors (Lipinski definition) is 1. The van der Waals surface area contributed by atoms with Crippen LogP contribution in [0.1, 0.15) is 11.1 Å². The predicted octanol–water partition coefficient (Wildman–Crippen LogP) is 8.49. The van der Waals surface area contributed by atoms with Crippen LogP contribution in [-0.4, -0.2) is 0 Å². The van der Waals surface area contributed by atoms with Crippen LogP contribution < -0.4 is 5.73 Å². The molecule has 4 heteroatoms. The number of hydrogen-bond acceptors (Lipinski definition) is 3. The molecule has 2 heterocycles. The molecule has 0 radical (unpaired) electrons. The van der Waals surface area contributed by atoms with E-state index in [1.165, 1.54) is 16.5 Å². The second-order valence-corrected chi connectivity index (χ2v) is 8.26. The molecule has 0 aliphatic heterocycles. The van der Waals surface area contributed by atoms with Crippen molar-refractivity contribution in [2.24, 2.45) is 0 Å². The molecule has 2 aromatic heterocycles. The lowest BCUT2D eigenvalue weighted by Crippen LogP contribution is -1.85. The average molecular weight is 498 g/mol. The molecule has 3 nitrogen and oxygen atoms in total. The third kappa shape index (κ3) is 6.15. The van der Waals surface area contributed by atoms with Gasteiger partial charge in [0.25, 0.3) is 0 Å². The third-order valence-electron chi connectivity index (χ3n) is 5.03. The van der Waals surface area contributed by atoms with Crippen molar-refractivity contribution in [2.75, 3.05) is 5.73 Å². The fourth-order valence-corrected chi connectivity index (χ4v) is 3.80. The number of benzene rings is 4. The number of anilines is 1. The summed E-state index contributed by atoms with van der Waals surface area (Å²) in [5.41, 5.74) is 10.6. The molecular formula is C29H24BrNO2. The van der Waals surface area contributed by atoms with Gasteiger partial charge in [0.1, 0.15) is 17.4 Å². The molecule has 0 fully saturated rings. The molecule has 2 N–H and O–H groups in total. The lowest BCUT2D eigenvalue weighted by molar-refractivity contribution is 0.611. The van der Waals surface area contributed by atoms with E-state index < -0.39 is 0 Å². The van der Waals surface area contributed by atoms with Crippen molar-refractivity contribution in [1.82, 2.24) is 0 Å². The molecule has 0 bridgehead atoms. The minimum atomic E-state index is 0.822. The molecule has 0 saturated heterocycles. The van der Waals surface area contributed by atoms with Gasteiger partial charge in [0.2, 0.25) is 0 Å². The van der Waals surface area contributed by atoms with Gasteiger partial charge < -0.3 is 14.6 Å². The highest BCUT2D eigenvalue weighted by Gasteiger charge is 2.05. The minimum Gasteiger partial charge on any atom is -0.464 e. The third-order valence-corrected chi connectivity index (χ3v) is 5.65. The zero-order chi connectivity index (χ0) is 22.9. The average Bonchev–Trinajstić information content (AvgIpc) is 3.45. The summed E-state index contributed by atoms with van der Waals surface area (Å²) >= 11 is 3.37. The Morgan fingerprint density at radius 2 is 1.09 bits per heavy atom. The number of nitrogen functional groups attached to an aromatic ring is 1. The number of nitrogens with two attached hydrogens (primary N) is 1. The molecule has 0 aliphatic rings. The van der Waals surface area contributed by atoms with E-state index in [1.807, 2.05) is 85.1 Å². The van der Waals surface area contributed by atoms with E-state index in [1.54, 1.807) is 6.26 Å². The lowest BCUT2D eigenvalue weighted by atomic mass is 10.0. The summed E-state index contributed by atoms with van der Waals surface area (Å²) in [6.07, 6.45) is 4.49. The van der Waals surface area contributed by atoms with Crippen molar-refractivity contribution in [3.05, 3.63) is 137 Å². The van der Waals surface area contributed by atoms with E-state index in [0.717, 1.165) is 33.1 Å². The number of fused-ring (bicyclic) bond motifs is 2. The maximum absolute atomic E-state index is 5.52. The van der Waals surface area contributed by atoms with Crippen LogP contribution in [0, 0.1) is 0 Å². The van der Waals surface area contributed by atoms with E-state index in [4.69, 9.17) is 14.6 Å². The predicted molar refractivity (Wildman–Crippen MR) is 140 cm³/mol. The van der Waals surface area contributed by atoms with Crippen molar-refractivity contribution in [2.45, 2.75) is 6.42 Å². The molecule has 0 unspecified atom stereocenters. The first kappa shape index (κ1) is 22.4. The molecule has 6 rings (SSSR count). The van der Waals surface area contributed by atoms with Crippen LogP contribution >= 0.6 is 15.9 Å². The quantitative estimate of drug-likeness (QED) is 0.244. The maximum Gasteiger partial charge on any atom is 0.135 e. The standard InChI is InChI=1S/C15H12O.C8H5BrO.C6H7N/c1-2-6-12(7-3-1)10-13-11-16-15-9-5-4-8-14(13)15;9-7-5-10-8-4-2-1-3-6(7)8;7-6-4-2-1-3-5-6/h1-9,11H,10H2;1-5H;1-5H,7H2. The zero-order valence-corrected chi connectivity index (χ0v) is 19.6. The molecule has 164 valence electrons. The summed E-state index contributed by atoms with van der Waals surface area (Å²) < 4.78 is 11.7. The smallest absolute Gasteiger partial charge is 0.135 e. The van der Waals surface area contributed by atoms with E-state index in [2.05, 4.69) is 46.3 Å². The Labute approximate surface area is 201 Å². The van der Waals surface area contributed by atoms with Gasteiger partial charge in [-0.25, -0.2) is 0 Å². The first-order valence-corrected chi connectivity index (χ1v) is 11.4. The highest BCUT2D eigenvalue weighted by molar-refractivity contribution is 9.10. The molecule has 0 saturated carbocycles. The summed E-state index contributed by atoms with van der Waals surface area (Å²) in [6.45, 7) is 0. The van der Waals surface area contributed by atoms with Crippen molar-refractivity contribution in [3.63, 3.8) is 0 Å². The number of halogens is 1. The second-order valence-electron chi connectivity index (χ2n) is 7.41. The van der Waals surface area contributed by atoms with Gasteiger partial charge >= 0.3 is 0 Å². The van der Waals surface area contributed by atoms with Gasteiger partial charge in [-0.1, -0.05) is 78.9 Å². The monoisotopic (exact) mass is 497 g/mol. The summed E-state index contributed by atoms with van der Waals surface area (Å²) in [5, 5.41) is 2.34. The van der Waals surface area contributed by atoms with Gasteiger partial charge in [-0.3, -0.25) is 0 Å². The van der Waals surface area contributed by atoms with Crippen LogP contribution in [0.25, 0.3) is 21.9 Å². The van der Waals surface area contributed by atoms with Crippen LogP contribution in [0.3, 0.4) is 0 Å². The van der Waals surface area contributed by atoms with Crippen molar-refractivity contribution < 1.29 is 8.83 Å². The van der Waals surface area contributed by atoms with Crippen LogP contribution in [0.5, 0.6) is 0 Å². The van der Waals surface area contributed by atoms with E-state index in [-0.39, 0.29) is 0 Å². The van der Waals surface area contributed by atoms with Crippen LogP contribution in [0.4, 0.5) is 5.69 Å². The Bertz CT molecular complexity index is 1410. The van der Waals surface area contributed by atoms with Gasteiger partial charge in [0, 0.05) is 28.4 Å². The fourth-order valence-electron chi connectivity index (χ4n) is 3.38. The topological polar surface area (TPSA) is 52.3 Å². The Hall–Kier alpha value is -3.76. The second kappa shape index (κ2) is 11.2. The van der Waals surface area contributed by atoms with E-state index in [9.17, 15) is 0 Å². The molecule has 6 aromatic rings. The van der Waals surface area contributed by atoms with Crippen molar-refractivity contribution >= 4 is 43.6 Å². The Morgan fingerprint density at radius 1 is 0.576 bits per heavy atom. The molecule has 0 spiro atoms. The van der Waals surface area contributed by atoms with Crippen molar-refractivity contribution in [1.29, 1.82) is 0 Å². The van der Waals surface area contributed by atoms with Gasteiger partial charge in [-0.2, -0.15) is 0 Å². The van der Waals surface area contributed by atoms with Gasteiger partial charge in [-0.05, 0) is 51.8 Å². The fraction of sp³-hybridized carbons (Fsp3) is 0.0345. The first-order valence-electron chi connectivity index (χ1n) is 10.6. The van der Waals surface area contributed by atoms with Gasteiger partial charge in [-0.15, -0.1) is 0 Å².